The summed E-state index contributed by atoms with van der Waals surface area (Å²) in [6, 6.07) is 15.7. The molecule has 0 amide bonds. The minimum Gasteiger partial charge on any atom is -0.489 e. The predicted molar refractivity (Wildman–Crippen MR) is 111 cm³/mol. The summed E-state index contributed by atoms with van der Waals surface area (Å²) >= 11 is 3.22. The molecule has 0 radical (unpaired) electrons. The fraction of sp³-hybridized carbons (Fsp3) is 0.0870. The molecular formula is C23H13BrF4O3. The van der Waals surface area contributed by atoms with Crippen LogP contribution in [0.25, 0.3) is 22.1 Å². The molecule has 4 rings (SSSR count). The fourth-order valence-electron chi connectivity index (χ4n) is 3.14. The van der Waals surface area contributed by atoms with Gasteiger partial charge in [-0.1, -0.05) is 40.2 Å². The Kier molecular flexibility index (Phi) is 5.58. The third kappa shape index (κ3) is 4.49. The third-order valence-corrected chi connectivity index (χ3v) is 5.08. The van der Waals surface area contributed by atoms with Crippen molar-refractivity contribution in [3.63, 3.8) is 0 Å². The van der Waals surface area contributed by atoms with E-state index in [1.165, 1.54) is 48.5 Å². The maximum absolute atomic E-state index is 13.7. The Morgan fingerprint density at radius 1 is 0.968 bits per heavy atom. The van der Waals surface area contributed by atoms with Gasteiger partial charge in [0.2, 0.25) is 11.2 Å². The second-order valence-corrected chi connectivity index (χ2v) is 7.63. The molecule has 8 heteroatoms. The Morgan fingerprint density at radius 3 is 2.39 bits per heavy atom. The van der Waals surface area contributed by atoms with Crippen LogP contribution in [-0.2, 0) is 12.8 Å². The molecule has 1 heterocycles. The standard InChI is InChI=1S/C23H13BrF4O3/c24-15-6-4-14(5-7-15)20-21(29)18-9-8-17(11-19(18)31-22(20)23(26,27)28)30-12-13-2-1-3-16(25)10-13/h1-11H,12H2. The third-order valence-electron chi connectivity index (χ3n) is 4.55. The molecule has 0 N–H and O–H groups in total. The van der Waals surface area contributed by atoms with Crippen molar-refractivity contribution in [3.05, 3.63) is 98.6 Å². The van der Waals surface area contributed by atoms with Crippen molar-refractivity contribution in [2.75, 3.05) is 0 Å². The molecule has 0 aliphatic heterocycles. The highest BCUT2D eigenvalue weighted by Gasteiger charge is 2.39. The average Bonchev–Trinajstić information content (AvgIpc) is 2.72. The molecular weight excluding hydrogens is 480 g/mol. The van der Waals surface area contributed by atoms with Gasteiger partial charge in [0.25, 0.3) is 0 Å². The average molecular weight is 493 g/mol. The van der Waals surface area contributed by atoms with Crippen LogP contribution < -0.4 is 10.2 Å². The second-order valence-electron chi connectivity index (χ2n) is 6.72. The van der Waals surface area contributed by atoms with E-state index in [1.54, 1.807) is 18.2 Å². The normalized spacial score (nSPS) is 11.6. The van der Waals surface area contributed by atoms with E-state index in [1.807, 2.05) is 0 Å². The number of halogens is 5. The lowest BCUT2D eigenvalue weighted by molar-refractivity contribution is -0.152. The van der Waals surface area contributed by atoms with E-state index in [2.05, 4.69) is 15.9 Å². The number of hydrogen-bond acceptors (Lipinski definition) is 3. The SMILES string of the molecule is O=c1c(-c2ccc(Br)cc2)c(C(F)(F)F)oc2cc(OCc3cccc(F)c3)ccc12. The zero-order valence-corrected chi connectivity index (χ0v) is 17.3. The first-order valence-corrected chi connectivity index (χ1v) is 9.83. The molecule has 3 nitrogen and oxygen atoms in total. The van der Waals surface area contributed by atoms with E-state index in [0.29, 0.717) is 10.0 Å². The minimum absolute atomic E-state index is 0.00337. The summed E-state index contributed by atoms with van der Waals surface area (Å²) in [7, 11) is 0. The monoisotopic (exact) mass is 492 g/mol. The van der Waals surface area contributed by atoms with Crippen LogP contribution in [0.4, 0.5) is 17.6 Å². The Balaban J connectivity index is 1.78. The smallest absolute Gasteiger partial charge is 0.450 e. The van der Waals surface area contributed by atoms with Crippen LogP contribution in [0.5, 0.6) is 5.75 Å². The topological polar surface area (TPSA) is 39.4 Å². The number of benzene rings is 3. The van der Waals surface area contributed by atoms with Gasteiger partial charge in [-0.15, -0.1) is 0 Å². The first-order valence-electron chi connectivity index (χ1n) is 9.03. The van der Waals surface area contributed by atoms with Crippen molar-refractivity contribution in [2.45, 2.75) is 12.8 Å². The van der Waals surface area contributed by atoms with Crippen LogP contribution in [0.1, 0.15) is 11.3 Å². The van der Waals surface area contributed by atoms with Gasteiger partial charge >= 0.3 is 6.18 Å². The molecule has 0 spiro atoms. The summed E-state index contributed by atoms with van der Waals surface area (Å²) in [6.07, 6.45) is -4.88. The Morgan fingerprint density at radius 2 is 1.71 bits per heavy atom. The van der Waals surface area contributed by atoms with E-state index in [-0.39, 0.29) is 28.9 Å². The summed E-state index contributed by atoms with van der Waals surface area (Å²) < 4.78 is 65.8. The number of rotatable bonds is 4. The lowest BCUT2D eigenvalue weighted by Gasteiger charge is -2.13. The molecule has 0 bridgehead atoms. The summed E-state index contributed by atoms with van der Waals surface area (Å²) in [5, 5.41) is -0.0102. The molecule has 0 aliphatic carbocycles. The van der Waals surface area contributed by atoms with Crippen molar-refractivity contribution in [1.29, 1.82) is 0 Å². The minimum atomic E-state index is -4.88. The van der Waals surface area contributed by atoms with E-state index in [9.17, 15) is 22.4 Å². The van der Waals surface area contributed by atoms with Gasteiger partial charge < -0.3 is 9.15 Å². The molecule has 0 unspecified atom stereocenters. The molecule has 0 saturated heterocycles. The van der Waals surface area contributed by atoms with E-state index >= 15 is 0 Å². The van der Waals surface area contributed by atoms with Gasteiger partial charge in [0, 0.05) is 10.5 Å². The van der Waals surface area contributed by atoms with Gasteiger partial charge in [0.1, 0.15) is 23.8 Å². The summed E-state index contributed by atoms with van der Waals surface area (Å²) in [5.41, 5.74) is -0.968. The van der Waals surface area contributed by atoms with Gasteiger partial charge in [-0.3, -0.25) is 4.79 Å². The van der Waals surface area contributed by atoms with Crippen LogP contribution in [0.2, 0.25) is 0 Å². The quantitative estimate of drug-likeness (QED) is 0.289. The molecule has 31 heavy (non-hydrogen) atoms. The van der Waals surface area contributed by atoms with E-state index in [0.717, 1.165) is 0 Å². The van der Waals surface area contributed by atoms with Crippen molar-refractivity contribution in [3.8, 4) is 16.9 Å². The molecule has 158 valence electrons. The maximum atomic E-state index is 13.7. The lowest BCUT2D eigenvalue weighted by atomic mass is 10.0. The number of hydrogen-bond donors (Lipinski definition) is 0. The second kappa shape index (κ2) is 8.19. The summed E-state index contributed by atoms with van der Waals surface area (Å²) in [6.45, 7) is -0.00337. The Bertz CT molecular complexity index is 1310. The first-order chi connectivity index (χ1) is 14.7. The van der Waals surface area contributed by atoms with Gasteiger partial charge in [-0.25, -0.2) is 4.39 Å². The molecule has 3 aromatic carbocycles. The number of fused-ring (bicyclic) bond motifs is 1. The van der Waals surface area contributed by atoms with Gasteiger partial charge in [0.05, 0.1) is 10.9 Å². The van der Waals surface area contributed by atoms with Crippen LogP contribution in [-0.4, -0.2) is 0 Å². The lowest BCUT2D eigenvalue weighted by Crippen LogP contribution is -2.16. The van der Waals surface area contributed by atoms with Crippen LogP contribution in [0.3, 0.4) is 0 Å². The predicted octanol–water partition coefficient (Wildman–Crippen LogP) is 6.96. The van der Waals surface area contributed by atoms with E-state index < -0.39 is 28.7 Å². The zero-order chi connectivity index (χ0) is 22.2. The van der Waals surface area contributed by atoms with Crippen molar-refractivity contribution >= 4 is 26.9 Å². The van der Waals surface area contributed by atoms with Crippen molar-refractivity contribution in [1.82, 2.24) is 0 Å². The fourth-order valence-corrected chi connectivity index (χ4v) is 3.40. The summed E-state index contributed by atoms with van der Waals surface area (Å²) in [5.74, 6) is -1.63. The highest BCUT2D eigenvalue weighted by molar-refractivity contribution is 9.10. The van der Waals surface area contributed by atoms with Gasteiger partial charge in [-0.05, 0) is 47.5 Å². The highest BCUT2D eigenvalue weighted by atomic mass is 79.9. The molecule has 0 aliphatic rings. The molecule has 1 aromatic heterocycles. The largest absolute Gasteiger partial charge is 0.489 e. The molecule has 0 saturated carbocycles. The molecule has 0 atom stereocenters. The van der Waals surface area contributed by atoms with Crippen LogP contribution in [0.15, 0.2) is 80.4 Å². The van der Waals surface area contributed by atoms with Gasteiger partial charge in [-0.2, -0.15) is 13.2 Å². The number of ether oxygens (including phenoxy) is 1. The molecule has 0 fully saturated rings. The summed E-state index contributed by atoms with van der Waals surface area (Å²) in [4.78, 5) is 13.0. The Labute approximate surface area is 182 Å². The van der Waals surface area contributed by atoms with Crippen LogP contribution in [0, 0.1) is 5.82 Å². The number of alkyl halides is 3. The molecule has 4 aromatic rings. The van der Waals surface area contributed by atoms with Crippen molar-refractivity contribution < 1.29 is 26.7 Å². The van der Waals surface area contributed by atoms with E-state index in [4.69, 9.17) is 9.15 Å². The highest BCUT2D eigenvalue weighted by Crippen LogP contribution is 2.38. The maximum Gasteiger partial charge on any atom is 0.450 e. The first kappa shape index (κ1) is 21.1. The van der Waals surface area contributed by atoms with Crippen molar-refractivity contribution in [2.24, 2.45) is 0 Å². The van der Waals surface area contributed by atoms with Gasteiger partial charge in [0.15, 0.2) is 0 Å². The zero-order valence-electron chi connectivity index (χ0n) is 15.7. The Hall–Kier alpha value is -3.13. The van der Waals surface area contributed by atoms with Crippen LogP contribution >= 0.6 is 15.9 Å².